The number of nitrogens with one attached hydrogen (secondary N) is 1. The van der Waals surface area contributed by atoms with Crippen molar-refractivity contribution >= 4 is 44.6 Å². The number of sulfonamides is 1. The van der Waals surface area contributed by atoms with Crippen LogP contribution in [0, 0.1) is 17.0 Å². The minimum Gasteiger partial charge on any atom is -0.324 e. The molecule has 0 fully saturated rings. The maximum Gasteiger partial charge on any atom is 0.271 e. The standard InChI is InChI=1S/C16H16ClN3O5S/c1-11-6-7-12(17)8-15(11)18-16(21)10-19(26(2,24)25)13-4-3-5-14(9-13)20(22)23/h3-9H,10H2,1-2H3,(H,18,21). The molecule has 26 heavy (non-hydrogen) atoms. The molecule has 2 rings (SSSR count). The first-order valence-electron chi connectivity index (χ1n) is 7.36. The Kier molecular flexibility index (Phi) is 5.83. The lowest BCUT2D eigenvalue weighted by atomic mass is 10.2. The van der Waals surface area contributed by atoms with Crippen LogP contribution in [0.25, 0.3) is 0 Å². The second-order valence-electron chi connectivity index (χ2n) is 5.55. The van der Waals surface area contributed by atoms with E-state index in [1.165, 1.54) is 18.2 Å². The molecule has 1 N–H and O–H groups in total. The van der Waals surface area contributed by atoms with Crippen LogP contribution in [0.15, 0.2) is 42.5 Å². The van der Waals surface area contributed by atoms with E-state index in [4.69, 9.17) is 11.6 Å². The van der Waals surface area contributed by atoms with Crippen molar-refractivity contribution in [1.82, 2.24) is 0 Å². The van der Waals surface area contributed by atoms with Crippen molar-refractivity contribution in [3.63, 3.8) is 0 Å². The summed E-state index contributed by atoms with van der Waals surface area (Å²) in [7, 11) is -3.84. The average Bonchev–Trinajstić information content (AvgIpc) is 2.55. The Hall–Kier alpha value is -2.65. The van der Waals surface area contributed by atoms with E-state index in [-0.39, 0.29) is 11.4 Å². The van der Waals surface area contributed by atoms with Gasteiger partial charge in [-0.15, -0.1) is 0 Å². The number of hydrogen-bond acceptors (Lipinski definition) is 5. The van der Waals surface area contributed by atoms with Gasteiger partial charge < -0.3 is 5.32 Å². The minimum atomic E-state index is -3.84. The highest BCUT2D eigenvalue weighted by Gasteiger charge is 2.23. The lowest BCUT2D eigenvalue weighted by Gasteiger charge is -2.22. The predicted molar refractivity (Wildman–Crippen MR) is 100 cm³/mol. The third-order valence-corrected chi connectivity index (χ3v) is 4.87. The van der Waals surface area contributed by atoms with Gasteiger partial charge in [0.05, 0.1) is 16.9 Å². The van der Waals surface area contributed by atoms with Crippen molar-refractivity contribution in [1.29, 1.82) is 0 Å². The van der Waals surface area contributed by atoms with Crippen LogP contribution in [0.1, 0.15) is 5.56 Å². The summed E-state index contributed by atoms with van der Waals surface area (Å²) in [4.78, 5) is 22.6. The minimum absolute atomic E-state index is 0.0275. The van der Waals surface area contributed by atoms with Gasteiger partial charge in [-0.05, 0) is 30.7 Å². The molecule has 0 heterocycles. The molecule has 2 aromatic carbocycles. The van der Waals surface area contributed by atoms with Gasteiger partial charge in [0.1, 0.15) is 6.54 Å². The summed E-state index contributed by atoms with van der Waals surface area (Å²) < 4.78 is 25.0. The van der Waals surface area contributed by atoms with Crippen LogP contribution < -0.4 is 9.62 Å². The van der Waals surface area contributed by atoms with Crippen LogP contribution in [-0.4, -0.2) is 32.0 Å². The van der Waals surface area contributed by atoms with Crippen molar-refractivity contribution in [3.8, 4) is 0 Å². The van der Waals surface area contributed by atoms with Crippen molar-refractivity contribution in [2.45, 2.75) is 6.92 Å². The molecule has 0 aliphatic rings. The monoisotopic (exact) mass is 397 g/mol. The highest BCUT2D eigenvalue weighted by Crippen LogP contribution is 2.24. The number of halogens is 1. The SMILES string of the molecule is Cc1ccc(Cl)cc1NC(=O)CN(c1cccc([N+](=O)[O-])c1)S(C)(=O)=O. The van der Waals surface area contributed by atoms with Gasteiger partial charge in [0.15, 0.2) is 0 Å². The van der Waals surface area contributed by atoms with Gasteiger partial charge in [-0.3, -0.25) is 19.2 Å². The third kappa shape index (κ3) is 4.93. The Balaban J connectivity index is 2.29. The number of hydrogen-bond donors (Lipinski definition) is 1. The molecular weight excluding hydrogens is 382 g/mol. The summed E-state index contributed by atoms with van der Waals surface area (Å²) in [5, 5.41) is 13.9. The normalized spacial score (nSPS) is 11.0. The van der Waals surface area contributed by atoms with E-state index in [2.05, 4.69) is 5.32 Å². The van der Waals surface area contributed by atoms with Crippen LogP contribution in [0.5, 0.6) is 0 Å². The zero-order valence-corrected chi connectivity index (χ0v) is 15.5. The fourth-order valence-electron chi connectivity index (χ4n) is 2.21. The van der Waals surface area contributed by atoms with E-state index in [1.807, 2.05) is 0 Å². The summed E-state index contributed by atoms with van der Waals surface area (Å²) >= 11 is 5.90. The molecule has 10 heteroatoms. The predicted octanol–water partition coefficient (Wildman–Crippen LogP) is 2.96. The maximum absolute atomic E-state index is 12.3. The number of carbonyl (C=O) groups is 1. The molecule has 0 bridgehead atoms. The highest BCUT2D eigenvalue weighted by molar-refractivity contribution is 7.92. The topological polar surface area (TPSA) is 110 Å². The number of non-ortho nitro benzene ring substituents is 1. The second kappa shape index (κ2) is 7.71. The Morgan fingerprint density at radius 2 is 1.96 bits per heavy atom. The average molecular weight is 398 g/mol. The first-order chi connectivity index (χ1) is 12.1. The number of rotatable bonds is 6. The summed E-state index contributed by atoms with van der Waals surface area (Å²) in [5.74, 6) is -0.604. The van der Waals surface area contributed by atoms with Crippen molar-refractivity contribution in [2.75, 3.05) is 22.4 Å². The number of nitrogens with zero attached hydrogens (tertiary/aromatic N) is 2. The van der Waals surface area contributed by atoms with Crippen LogP contribution in [0.2, 0.25) is 5.02 Å². The number of amides is 1. The fraction of sp³-hybridized carbons (Fsp3) is 0.188. The number of nitro benzene ring substituents is 1. The lowest BCUT2D eigenvalue weighted by molar-refractivity contribution is -0.384. The van der Waals surface area contributed by atoms with Gasteiger partial charge in [0.25, 0.3) is 5.69 Å². The Bertz CT molecular complexity index is 962. The van der Waals surface area contributed by atoms with E-state index < -0.39 is 27.4 Å². The number of benzene rings is 2. The number of carbonyl (C=O) groups excluding carboxylic acids is 1. The van der Waals surface area contributed by atoms with Gasteiger partial charge in [-0.25, -0.2) is 8.42 Å². The Morgan fingerprint density at radius 1 is 1.27 bits per heavy atom. The van der Waals surface area contributed by atoms with Gasteiger partial charge in [-0.1, -0.05) is 23.7 Å². The van der Waals surface area contributed by atoms with Crippen LogP contribution in [-0.2, 0) is 14.8 Å². The number of nitro groups is 1. The summed E-state index contributed by atoms with van der Waals surface area (Å²) in [5.41, 5.74) is 0.959. The quantitative estimate of drug-likeness (QED) is 0.595. The first kappa shape index (κ1) is 19.7. The van der Waals surface area contributed by atoms with E-state index in [1.54, 1.807) is 25.1 Å². The molecule has 138 valence electrons. The fourth-order valence-corrected chi connectivity index (χ4v) is 3.23. The van der Waals surface area contributed by atoms with E-state index >= 15 is 0 Å². The molecule has 0 spiro atoms. The molecule has 0 aromatic heterocycles. The van der Waals surface area contributed by atoms with Gasteiger partial charge in [0.2, 0.25) is 15.9 Å². The highest BCUT2D eigenvalue weighted by atomic mass is 35.5. The summed E-state index contributed by atoms with van der Waals surface area (Å²) in [6.45, 7) is 1.23. The van der Waals surface area contributed by atoms with Crippen LogP contribution in [0.4, 0.5) is 17.1 Å². The molecule has 0 unspecified atom stereocenters. The molecule has 0 saturated heterocycles. The molecule has 0 atom stereocenters. The molecule has 0 aliphatic carbocycles. The molecule has 8 nitrogen and oxygen atoms in total. The summed E-state index contributed by atoms with van der Waals surface area (Å²) in [6, 6.07) is 9.99. The second-order valence-corrected chi connectivity index (χ2v) is 7.90. The molecule has 0 saturated carbocycles. The van der Waals surface area contributed by atoms with E-state index in [9.17, 15) is 23.3 Å². The molecule has 0 radical (unpaired) electrons. The van der Waals surface area contributed by atoms with Crippen LogP contribution in [0.3, 0.4) is 0 Å². The smallest absolute Gasteiger partial charge is 0.271 e. The Morgan fingerprint density at radius 3 is 2.58 bits per heavy atom. The maximum atomic E-state index is 12.3. The summed E-state index contributed by atoms with van der Waals surface area (Å²) in [6.07, 6.45) is 0.920. The molecule has 1 amide bonds. The van der Waals surface area contributed by atoms with Gasteiger partial charge in [-0.2, -0.15) is 0 Å². The molecule has 2 aromatic rings. The first-order valence-corrected chi connectivity index (χ1v) is 9.59. The van der Waals surface area contributed by atoms with E-state index in [0.29, 0.717) is 10.7 Å². The molecular formula is C16H16ClN3O5S. The van der Waals surface area contributed by atoms with Crippen LogP contribution >= 0.6 is 11.6 Å². The number of anilines is 2. The zero-order chi connectivity index (χ0) is 19.5. The lowest BCUT2D eigenvalue weighted by Crippen LogP contribution is -2.37. The van der Waals surface area contributed by atoms with Gasteiger partial charge >= 0.3 is 0 Å². The van der Waals surface area contributed by atoms with E-state index in [0.717, 1.165) is 22.2 Å². The third-order valence-electron chi connectivity index (χ3n) is 3.49. The van der Waals surface area contributed by atoms with Crippen molar-refractivity contribution in [3.05, 3.63) is 63.2 Å². The zero-order valence-electron chi connectivity index (χ0n) is 14.0. The number of aryl methyl sites for hydroxylation is 1. The molecule has 0 aliphatic heterocycles. The van der Waals surface area contributed by atoms with Crippen molar-refractivity contribution < 1.29 is 18.1 Å². The van der Waals surface area contributed by atoms with Crippen molar-refractivity contribution in [2.24, 2.45) is 0 Å². The largest absolute Gasteiger partial charge is 0.324 e. The Labute approximate surface area is 155 Å². The van der Waals surface area contributed by atoms with Gasteiger partial charge in [0, 0.05) is 22.8 Å².